The molecule has 1 fully saturated rings. The van der Waals surface area contributed by atoms with Crippen LogP contribution in [-0.2, 0) is 0 Å². The third-order valence-corrected chi connectivity index (χ3v) is 4.47. The predicted molar refractivity (Wildman–Crippen MR) is 82.7 cm³/mol. The lowest BCUT2D eigenvalue weighted by Crippen LogP contribution is -2.43. The van der Waals surface area contributed by atoms with Gasteiger partial charge in [0.25, 0.3) is 0 Å². The summed E-state index contributed by atoms with van der Waals surface area (Å²) in [6, 6.07) is 8.53. The van der Waals surface area contributed by atoms with Crippen molar-refractivity contribution in [3.05, 3.63) is 34.9 Å². The SMILES string of the molecule is CC(CN1CCCC(C(C)N)C1)c1cccc(Cl)c1. The lowest BCUT2D eigenvalue weighted by molar-refractivity contribution is 0.155. The third-order valence-electron chi connectivity index (χ3n) is 4.24. The highest BCUT2D eigenvalue weighted by Crippen LogP contribution is 2.24. The largest absolute Gasteiger partial charge is 0.328 e. The molecule has 0 aliphatic carbocycles. The van der Waals surface area contributed by atoms with Gasteiger partial charge in [-0.15, -0.1) is 0 Å². The Bertz CT molecular complexity index is 405. The molecule has 19 heavy (non-hydrogen) atoms. The topological polar surface area (TPSA) is 29.3 Å². The number of rotatable bonds is 4. The van der Waals surface area contributed by atoms with Crippen LogP contribution in [0.15, 0.2) is 24.3 Å². The predicted octanol–water partition coefficient (Wildman–Crippen LogP) is 3.50. The lowest BCUT2D eigenvalue weighted by Gasteiger charge is -2.36. The molecule has 3 heteroatoms. The van der Waals surface area contributed by atoms with Gasteiger partial charge in [-0.2, -0.15) is 0 Å². The molecule has 0 spiro atoms. The van der Waals surface area contributed by atoms with Gasteiger partial charge in [-0.1, -0.05) is 30.7 Å². The van der Waals surface area contributed by atoms with Crippen molar-refractivity contribution in [2.24, 2.45) is 11.7 Å². The van der Waals surface area contributed by atoms with Crippen molar-refractivity contribution in [1.29, 1.82) is 0 Å². The fraction of sp³-hybridized carbons (Fsp3) is 0.625. The van der Waals surface area contributed by atoms with E-state index in [0.29, 0.717) is 17.9 Å². The minimum absolute atomic E-state index is 0.310. The van der Waals surface area contributed by atoms with Crippen LogP contribution in [0.25, 0.3) is 0 Å². The van der Waals surface area contributed by atoms with E-state index in [4.69, 9.17) is 17.3 Å². The van der Waals surface area contributed by atoms with Crippen LogP contribution in [-0.4, -0.2) is 30.6 Å². The highest BCUT2D eigenvalue weighted by Gasteiger charge is 2.23. The summed E-state index contributed by atoms with van der Waals surface area (Å²) < 4.78 is 0. The van der Waals surface area contributed by atoms with Crippen molar-refractivity contribution in [1.82, 2.24) is 4.90 Å². The Kier molecular flexibility index (Phi) is 5.26. The normalized spacial score (nSPS) is 24.1. The molecule has 2 rings (SSSR count). The minimum Gasteiger partial charge on any atom is -0.328 e. The molecule has 106 valence electrons. The molecule has 0 radical (unpaired) electrons. The van der Waals surface area contributed by atoms with E-state index in [1.54, 1.807) is 0 Å². The van der Waals surface area contributed by atoms with Crippen LogP contribution in [0.5, 0.6) is 0 Å². The number of hydrogen-bond acceptors (Lipinski definition) is 2. The van der Waals surface area contributed by atoms with Gasteiger partial charge >= 0.3 is 0 Å². The first-order chi connectivity index (χ1) is 9.06. The first-order valence-electron chi connectivity index (χ1n) is 7.29. The summed E-state index contributed by atoms with van der Waals surface area (Å²) in [6.45, 7) is 7.86. The smallest absolute Gasteiger partial charge is 0.0408 e. The summed E-state index contributed by atoms with van der Waals surface area (Å²) in [7, 11) is 0. The molecule has 0 amide bonds. The Morgan fingerprint density at radius 2 is 2.21 bits per heavy atom. The summed E-state index contributed by atoms with van der Waals surface area (Å²) in [5.74, 6) is 1.17. The molecule has 0 bridgehead atoms. The Morgan fingerprint density at radius 1 is 1.42 bits per heavy atom. The van der Waals surface area contributed by atoms with Gasteiger partial charge in [0.05, 0.1) is 0 Å². The summed E-state index contributed by atoms with van der Waals surface area (Å²) in [4.78, 5) is 2.56. The van der Waals surface area contributed by atoms with Crippen LogP contribution in [0.1, 0.15) is 38.2 Å². The number of benzene rings is 1. The van der Waals surface area contributed by atoms with Gasteiger partial charge in [-0.25, -0.2) is 0 Å². The highest BCUT2D eigenvalue weighted by molar-refractivity contribution is 6.30. The number of nitrogens with two attached hydrogens (primary N) is 1. The van der Waals surface area contributed by atoms with Gasteiger partial charge in [0, 0.05) is 24.2 Å². The first-order valence-corrected chi connectivity index (χ1v) is 7.67. The van der Waals surface area contributed by atoms with Gasteiger partial charge in [0.15, 0.2) is 0 Å². The second kappa shape index (κ2) is 6.74. The Hall–Kier alpha value is -0.570. The van der Waals surface area contributed by atoms with E-state index in [0.717, 1.165) is 18.1 Å². The van der Waals surface area contributed by atoms with Crippen LogP contribution >= 0.6 is 11.6 Å². The maximum atomic E-state index is 6.07. The van der Waals surface area contributed by atoms with E-state index in [2.05, 4.69) is 30.9 Å². The summed E-state index contributed by atoms with van der Waals surface area (Å²) in [5.41, 5.74) is 7.38. The van der Waals surface area contributed by atoms with Crippen molar-refractivity contribution in [3.63, 3.8) is 0 Å². The van der Waals surface area contributed by atoms with Gasteiger partial charge in [0.2, 0.25) is 0 Å². The molecule has 1 heterocycles. The molecule has 0 aromatic heterocycles. The standard InChI is InChI=1S/C16H25ClN2/c1-12(14-5-3-7-16(17)9-14)10-19-8-4-6-15(11-19)13(2)18/h3,5,7,9,12-13,15H,4,6,8,10-11,18H2,1-2H3. The summed E-state index contributed by atoms with van der Waals surface area (Å²) >= 11 is 6.07. The molecular formula is C16H25ClN2. The van der Waals surface area contributed by atoms with Crippen LogP contribution in [0, 0.1) is 5.92 Å². The van der Waals surface area contributed by atoms with E-state index in [1.807, 2.05) is 12.1 Å². The Labute approximate surface area is 121 Å². The fourth-order valence-corrected chi connectivity index (χ4v) is 3.19. The van der Waals surface area contributed by atoms with Crippen LogP contribution in [0.4, 0.5) is 0 Å². The minimum atomic E-state index is 0.310. The van der Waals surface area contributed by atoms with Crippen LogP contribution in [0.2, 0.25) is 5.02 Å². The van der Waals surface area contributed by atoms with Crippen molar-refractivity contribution in [3.8, 4) is 0 Å². The molecule has 1 aliphatic rings. The molecule has 3 unspecified atom stereocenters. The summed E-state index contributed by atoms with van der Waals surface area (Å²) in [5, 5.41) is 0.830. The maximum absolute atomic E-state index is 6.07. The zero-order chi connectivity index (χ0) is 13.8. The van der Waals surface area contributed by atoms with Gasteiger partial charge in [-0.3, -0.25) is 0 Å². The fourth-order valence-electron chi connectivity index (χ4n) is 2.99. The second-order valence-electron chi connectivity index (χ2n) is 5.98. The summed E-state index contributed by atoms with van der Waals surface area (Å²) in [6.07, 6.45) is 2.55. The molecule has 2 N–H and O–H groups in total. The Balaban J connectivity index is 1.93. The molecule has 1 saturated heterocycles. The van der Waals surface area contributed by atoms with E-state index >= 15 is 0 Å². The molecule has 3 atom stereocenters. The van der Waals surface area contributed by atoms with Crippen molar-refractivity contribution >= 4 is 11.6 Å². The van der Waals surface area contributed by atoms with Crippen LogP contribution in [0.3, 0.4) is 0 Å². The number of nitrogens with zero attached hydrogens (tertiary/aromatic N) is 1. The lowest BCUT2D eigenvalue weighted by atomic mass is 9.91. The maximum Gasteiger partial charge on any atom is 0.0408 e. The van der Waals surface area contributed by atoms with Crippen molar-refractivity contribution in [2.75, 3.05) is 19.6 Å². The number of piperidine rings is 1. The number of hydrogen-bond donors (Lipinski definition) is 1. The van der Waals surface area contributed by atoms with E-state index in [-0.39, 0.29) is 0 Å². The molecule has 2 nitrogen and oxygen atoms in total. The van der Waals surface area contributed by atoms with Crippen molar-refractivity contribution in [2.45, 2.75) is 38.6 Å². The monoisotopic (exact) mass is 280 g/mol. The molecular weight excluding hydrogens is 256 g/mol. The van der Waals surface area contributed by atoms with Crippen LogP contribution < -0.4 is 5.73 Å². The number of likely N-dealkylation sites (tertiary alicyclic amines) is 1. The third kappa shape index (κ3) is 4.20. The zero-order valence-corrected chi connectivity index (χ0v) is 12.7. The first kappa shape index (κ1) is 14.8. The average Bonchev–Trinajstić information content (AvgIpc) is 2.39. The molecule has 1 aromatic carbocycles. The molecule has 1 aliphatic heterocycles. The van der Waals surface area contributed by atoms with Gasteiger partial charge in [-0.05, 0) is 55.8 Å². The van der Waals surface area contributed by atoms with E-state index in [9.17, 15) is 0 Å². The highest BCUT2D eigenvalue weighted by atomic mass is 35.5. The van der Waals surface area contributed by atoms with Gasteiger partial charge < -0.3 is 10.6 Å². The van der Waals surface area contributed by atoms with Crippen molar-refractivity contribution < 1.29 is 0 Å². The average molecular weight is 281 g/mol. The Morgan fingerprint density at radius 3 is 2.89 bits per heavy atom. The zero-order valence-electron chi connectivity index (χ0n) is 12.0. The van der Waals surface area contributed by atoms with E-state index in [1.165, 1.54) is 24.9 Å². The second-order valence-corrected chi connectivity index (χ2v) is 6.41. The van der Waals surface area contributed by atoms with E-state index < -0.39 is 0 Å². The molecule has 1 aromatic rings. The quantitative estimate of drug-likeness (QED) is 0.915. The molecule has 0 saturated carbocycles. The van der Waals surface area contributed by atoms with Gasteiger partial charge in [0.1, 0.15) is 0 Å². The number of halogens is 1.